The normalized spacial score (nSPS) is 10.6. The third-order valence-electron chi connectivity index (χ3n) is 4.05. The van der Waals surface area contributed by atoms with Crippen molar-refractivity contribution < 1.29 is 14.7 Å². The van der Waals surface area contributed by atoms with E-state index >= 15 is 0 Å². The average Bonchev–Trinajstić information content (AvgIpc) is 3.00. The van der Waals surface area contributed by atoms with Crippen molar-refractivity contribution in [3.63, 3.8) is 0 Å². The summed E-state index contributed by atoms with van der Waals surface area (Å²) in [5, 5.41) is 12.0. The summed E-state index contributed by atoms with van der Waals surface area (Å²) in [5.74, 6) is -0.987. The minimum Gasteiger partial charge on any atom is -0.478 e. The Morgan fingerprint density at radius 1 is 1.36 bits per heavy atom. The topological polar surface area (TPSA) is 87.5 Å². The molecule has 0 spiro atoms. The first-order valence-corrected chi connectivity index (χ1v) is 8.20. The van der Waals surface area contributed by atoms with Gasteiger partial charge < -0.3 is 19.9 Å². The number of carboxylic acids is 1. The number of carbonyl (C=O) groups excluding carboxylic acids is 1. The fourth-order valence-corrected chi connectivity index (χ4v) is 2.52. The summed E-state index contributed by atoms with van der Waals surface area (Å²) in [6.45, 7) is 1.24. The Bertz CT molecular complexity index is 727. The van der Waals surface area contributed by atoms with Gasteiger partial charge in [0.05, 0.1) is 17.8 Å². The van der Waals surface area contributed by atoms with Crippen molar-refractivity contribution in [2.75, 3.05) is 20.1 Å². The molecular weight excluding hydrogens is 320 g/mol. The second-order valence-electron chi connectivity index (χ2n) is 5.97. The molecule has 0 aliphatic heterocycles. The number of likely N-dealkylation sites (N-methyl/N-ethyl adjacent to an activating group) is 1. The molecule has 2 aromatic rings. The number of carbonyl (C=O) groups is 2. The molecule has 0 bridgehead atoms. The van der Waals surface area contributed by atoms with E-state index < -0.39 is 5.97 Å². The van der Waals surface area contributed by atoms with Crippen molar-refractivity contribution in [3.05, 3.63) is 53.6 Å². The molecule has 7 nitrogen and oxygen atoms in total. The Labute approximate surface area is 147 Å². The Morgan fingerprint density at radius 2 is 2.16 bits per heavy atom. The van der Waals surface area contributed by atoms with Crippen LogP contribution >= 0.6 is 0 Å². The molecule has 1 amide bonds. The molecule has 25 heavy (non-hydrogen) atoms. The van der Waals surface area contributed by atoms with Crippen LogP contribution in [0, 0.1) is 0 Å². The van der Waals surface area contributed by atoms with Crippen LogP contribution in [0.3, 0.4) is 0 Å². The summed E-state index contributed by atoms with van der Waals surface area (Å²) >= 11 is 0. The van der Waals surface area contributed by atoms with Gasteiger partial charge in [-0.2, -0.15) is 0 Å². The van der Waals surface area contributed by atoms with E-state index in [1.807, 2.05) is 19.3 Å². The van der Waals surface area contributed by atoms with Crippen LogP contribution in [0.1, 0.15) is 28.2 Å². The molecule has 0 saturated heterocycles. The number of amides is 1. The van der Waals surface area contributed by atoms with E-state index in [1.165, 1.54) is 24.0 Å². The summed E-state index contributed by atoms with van der Waals surface area (Å²) < 4.78 is 2.08. The van der Waals surface area contributed by atoms with Gasteiger partial charge in [0.15, 0.2) is 0 Å². The van der Waals surface area contributed by atoms with Gasteiger partial charge in [-0.25, -0.2) is 4.79 Å². The first kappa shape index (κ1) is 18.7. The highest BCUT2D eigenvalue weighted by Gasteiger charge is 2.09. The number of rotatable bonds is 9. The summed E-state index contributed by atoms with van der Waals surface area (Å²) in [5.41, 5.74) is 2.04. The zero-order chi connectivity index (χ0) is 18.2. The van der Waals surface area contributed by atoms with Crippen molar-refractivity contribution in [3.8, 4) is 0 Å². The standard InChI is InChI=1S/C18H24N4O3/c1-21-9-3-5-16(21)6-4-10-22(2)17(23)13-19-12-15-11-14(18(24)25)7-8-20-15/h3,5,7-9,11,19H,4,6,10,12-13H2,1-2H3,(H,24,25). The first-order chi connectivity index (χ1) is 12.0. The largest absolute Gasteiger partial charge is 0.478 e. The second kappa shape index (κ2) is 8.98. The molecule has 0 saturated carbocycles. The van der Waals surface area contributed by atoms with Crippen LogP contribution in [0.15, 0.2) is 36.7 Å². The summed E-state index contributed by atoms with van der Waals surface area (Å²) in [4.78, 5) is 28.8. The lowest BCUT2D eigenvalue weighted by atomic mass is 10.2. The molecule has 0 fully saturated rings. The molecule has 2 heterocycles. The Hall–Kier alpha value is -2.67. The maximum atomic E-state index is 12.1. The quantitative estimate of drug-likeness (QED) is 0.716. The lowest BCUT2D eigenvalue weighted by molar-refractivity contribution is -0.129. The summed E-state index contributed by atoms with van der Waals surface area (Å²) in [7, 11) is 3.81. The molecule has 0 aromatic carbocycles. The van der Waals surface area contributed by atoms with Crippen molar-refractivity contribution in [1.82, 2.24) is 19.8 Å². The number of aryl methyl sites for hydroxylation is 2. The van der Waals surface area contributed by atoms with E-state index in [-0.39, 0.29) is 18.0 Å². The van der Waals surface area contributed by atoms with Crippen LogP contribution in [0.25, 0.3) is 0 Å². The second-order valence-corrected chi connectivity index (χ2v) is 5.97. The zero-order valence-corrected chi connectivity index (χ0v) is 14.6. The fraction of sp³-hybridized carbons (Fsp3) is 0.389. The monoisotopic (exact) mass is 344 g/mol. The van der Waals surface area contributed by atoms with Crippen LogP contribution in [0.5, 0.6) is 0 Å². The summed E-state index contributed by atoms with van der Waals surface area (Å²) in [6.07, 6.45) is 5.31. The van der Waals surface area contributed by atoms with E-state index in [4.69, 9.17) is 5.11 Å². The molecule has 7 heteroatoms. The van der Waals surface area contributed by atoms with Crippen LogP contribution < -0.4 is 5.32 Å². The summed E-state index contributed by atoms with van der Waals surface area (Å²) in [6, 6.07) is 7.05. The maximum Gasteiger partial charge on any atom is 0.335 e. The molecule has 0 unspecified atom stereocenters. The molecule has 0 radical (unpaired) electrons. The number of nitrogens with zero attached hydrogens (tertiary/aromatic N) is 3. The SMILES string of the molecule is CN(CCCc1cccn1C)C(=O)CNCc1cc(C(=O)O)ccn1. The molecule has 0 aliphatic rings. The predicted octanol–water partition coefficient (Wildman–Crippen LogP) is 1.30. The number of hydrogen-bond acceptors (Lipinski definition) is 4. The van der Waals surface area contributed by atoms with E-state index in [0.29, 0.717) is 18.8 Å². The minimum atomic E-state index is -0.988. The third-order valence-corrected chi connectivity index (χ3v) is 4.05. The first-order valence-electron chi connectivity index (χ1n) is 8.20. The number of pyridine rings is 1. The fourth-order valence-electron chi connectivity index (χ4n) is 2.52. The number of aromatic nitrogens is 2. The lowest BCUT2D eigenvalue weighted by Gasteiger charge is -2.17. The van der Waals surface area contributed by atoms with Crippen LogP contribution in [0.4, 0.5) is 0 Å². The Balaban J connectivity index is 1.69. The van der Waals surface area contributed by atoms with E-state index in [0.717, 1.165) is 12.8 Å². The molecule has 2 rings (SSSR count). The smallest absolute Gasteiger partial charge is 0.335 e. The maximum absolute atomic E-state index is 12.1. The highest BCUT2D eigenvalue weighted by Crippen LogP contribution is 2.04. The van der Waals surface area contributed by atoms with E-state index in [9.17, 15) is 9.59 Å². The minimum absolute atomic E-state index is 0.00118. The molecular formula is C18H24N4O3. The molecule has 2 N–H and O–H groups in total. The van der Waals surface area contributed by atoms with Crippen molar-refractivity contribution >= 4 is 11.9 Å². The lowest BCUT2D eigenvalue weighted by Crippen LogP contribution is -2.36. The number of carboxylic acid groups (broad SMARTS) is 1. The van der Waals surface area contributed by atoms with Crippen LogP contribution in [-0.4, -0.2) is 51.6 Å². The highest BCUT2D eigenvalue weighted by molar-refractivity contribution is 5.87. The van der Waals surface area contributed by atoms with Gasteiger partial charge in [0.1, 0.15) is 0 Å². The number of nitrogens with one attached hydrogen (secondary N) is 1. The van der Waals surface area contributed by atoms with Crippen molar-refractivity contribution in [2.45, 2.75) is 19.4 Å². The van der Waals surface area contributed by atoms with Gasteiger partial charge in [0.2, 0.25) is 5.91 Å². The number of aromatic carboxylic acids is 1. The van der Waals surface area contributed by atoms with E-state index in [1.54, 1.807) is 11.9 Å². The molecule has 0 aliphatic carbocycles. The Morgan fingerprint density at radius 3 is 2.84 bits per heavy atom. The Kier molecular flexibility index (Phi) is 6.71. The molecule has 134 valence electrons. The molecule has 0 atom stereocenters. The van der Waals surface area contributed by atoms with Gasteiger partial charge in [-0.1, -0.05) is 0 Å². The van der Waals surface area contributed by atoms with Gasteiger partial charge in [0, 0.05) is 45.3 Å². The average molecular weight is 344 g/mol. The van der Waals surface area contributed by atoms with Crippen LogP contribution in [-0.2, 0) is 24.8 Å². The third kappa shape index (κ3) is 5.72. The van der Waals surface area contributed by atoms with Gasteiger partial charge >= 0.3 is 5.97 Å². The van der Waals surface area contributed by atoms with Gasteiger partial charge in [-0.15, -0.1) is 0 Å². The highest BCUT2D eigenvalue weighted by atomic mass is 16.4. The molecule has 2 aromatic heterocycles. The van der Waals surface area contributed by atoms with E-state index in [2.05, 4.69) is 20.9 Å². The number of hydrogen-bond donors (Lipinski definition) is 2. The van der Waals surface area contributed by atoms with Crippen molar-refractivity contribution in [2.24, 2.45) is 7.05 Å². The zero-order valence-electron chi connectivity index (χ0n) is 14.6. The van der Waals surface area contributed by atoms with Gasteiger partial charge in [-0.05, 0) is 37.1 Å². The van der Waals surface area contributed by atoms with Crippen LogP contribution in [0.2, 0.25) is 0 Å². The van der Waals surface area contributed by atoms with Gasteiger partial charge in [-0.3, -0.25) is 9.78 Å². The van der Waals surface area contributed by atoms with Crippen molar-refractivity contribution in [1.29, 1.82) is 0 Å². The van der Waals surface area contributed by atoms with Gasteiger partial charge in [0.25, 0.3) is 0 Å². The predicted molar refractivity (Wildman–Crippen MR) is 94.3 cm³/mol.